The highest BCUT2D eigenvalue weighted by Crippen LogP contribution is 2.28. The molecule has 0 spiro atoms. The summed E-state index contributed by atoms with van der Waals surface area (Å²) in [6, 6.07) is 0.558. The van der Waals surface area contributed by atoms with Crippen molar-refractivity contribution in [1.29, 1.82) is 0 Å². The Kier molecular flexibility index (Phi) is 6.09. The van der Waals surface area contributed by atoms with Crippen LogP contribution < -0.4 is 5.32 Å². The van der Waals surface area contributed by atoms with Gasteiger partial charge in [-0.1, -0.05) is 32.1 Å². The molecule has 1 heterocycles. The zero-order valence-electron chi connectivity index (χ0n) is 13.1. The number of likely N-dealkylation sites (N-methyl/N-ethyl adjacent to an activating group) is 1. The molecule has 1 unspecified atom stereocenters. The molecule has 1 aliphatic rings. The fourth-order valence-corrected chi connectivity index (χ4v) is 3.89. The number of nitrogens with zero attached hydrogens (tertiary/aromatic N) is 2. The van der Waals surface area contributed by atoms with Crippen molar-refractivity contribution in [1.82, 2.24) is 15.1 Å². The second-order valence-corrected chi connectivity index (χ2v) is 7.03. The van der Waals surface area contributed by atoms with E-state index in [1.807, 2.05) is 11.7 Å². The van der Waals surface area contributed by atoms with Crippen molar-refractivity contribution in [3.63, 3.8) is 0 Å². The van der Waals surface area contributed by atoms with Crippen molar-refractivity contribution in [3.05, 3.63) is 15.9 Å². The molecule has 0 bridgehead atoms. The molecule has 1 N–H and O–H groups in total. The summed E-state index contributed by atoms with van der Waals surface area (Å²) >= 11 is 3.68. The number of aryl methyl sites for hydroxylation is 2. The maximum Gasteiger partial charge on any atom is 0.0738 e. The quantitative estimate of drug-likeness (QED) is 0.847. The average Bonchev–Trinajstić information content (AvgIpc) is 2.70. The van der Waals surface area contributed by atoms with Gasteiger partial charge in [-0.15, -0.1) is 0 Å². The topological polar surface area (TPSA) is 29.9 Å². The van der Waals surface area contributed by atoms with Crippen LogP contribution in [0.4, 0.5) is 0 Å². The lowest BCUT2D eigenvalue weighted by Crippen LogP contribution is -2.29. The van der Waals surface area contributed by atoms with Gasteiger partial charge in [0.1, 0.15) is 0 Å². The van der Waals surface area contributed by atoms with E-state index in [2.05, 4.69) is 40.3 Å². The molecule has 0 saturated heterocycles. The van der Waals surface area contributed by atoms with Crippen molar-refractivity contribution in [2.24, 2.45) is 13.0 Å². The van der Waals surface area contributed by atoms with Crippen LogP contribution in [0.5, 0.6) is 0 Å². The molecule has 0 aliphatic heterocycles. The second-order valence-electron chi connectivity index (χ2n) is 6.24. The Labute approximate surface area is 131 Å². The predicted octanol–water partition coefficient (Wildman–Crippen LogP) is 3.98. The number of aromatic nitrogens is 2. The van der Waals surface area contributed by atoms with E-state index in [1.165, 1.54) is 55.1 Å². The molecular formula is C16H28BrN3. The molecule has 2 rings (SSSR count). The van der Waals surface area contributed by atoms with Gasteiger partial charge in [0.2, 0.25) is 0 Å². The predicted molar refractivity (Wildman–Crippen MR) is 88.0 cm³/mol. The van der Waals surface area contributed by atoms with Gasteiger partial charge in [-0.3, -0.25) is 4.68 Å². The summed E-state index contributed by atoms with van der Waals surface area (Å²) in [7, 11) is 4.13. The summed E-state index contributed by atoms with van der Waals surface area (Å²) in [5.74, 6) is 0.969. The molecule has 4 heteroatoms. The van der Waals surface area contributed by atoms with Crippen molar-refractivity contribution in [2.45, 2.75) is 64.3 Å². The molecule has 3 nitrogen and oxygen atoms in total. The van der Waals surface area contributed by atoms with Crippen LogP contribution in [0.2, 0.25) is 0 Å². The maximum absolute atomic E-state index is 4.49. The van der Waals surface area contributed by atoms with E-state index in [-0.39, 0.29) is 0 Å². The van der Waals surface area contributed by atoms with Gasteiger partial charge in [0.15, 0.2) is 0 Å². The van der Waals surface area contributed by atoms with Crippen LogP contribution in [0, 0.1) is 12.8 Å². The van der Waals surface area contributed by atoms with E-state index >= 15 is 0 Å². The monoisotopic (exact) mass is 341 g/mol. The van der Waals surface area contributed by atoms with Crippen LogP contribution in [-0.4, -0.2) is 22.9 Å². The summed E-state index contributed by atoms with van der Waals surface area (Å²) in [5, 5.41) is 7.98. The van der Waals surface area contributed by atoms with Gasteiger partial charge in [-0.2, -0.15) is 5.10 Å². The van der Waals surface area contributed by atoms with Gasteiger partial charge in [-0.05, 0) is 48.7 Å². The van der Waals surface area contributed by atoms with Gasteiger partial charge >= 0.3 is 0 Å². The van der Waals surface area contributed by atoms with E-state index in [1.54, 1.807) is 0 Å². The highest BCUT2D eigenvalue weighted by Gasteiger charge is 2.18. The zero-order chi connectivity index (χ0) is 14.5. The van der Waals surface area contributed by atoms with Gasteiger partial charge in [0.05, 0.1) is 15.9 Å². The van der Waals surface area contributed by atoms with Gasteiger partial charge < -0.3 is 5.32 Å². The average molecular weight is 342 g/mol. The lowest BCUT2D eigenvalue weighted by molar-refractivity contribution is 0.315. The summed E-state index contributed by atoms with van der Waals surface area (Å²) in [6.45, 7) is 2.06. The van der Waals surface area contributed by atoms with Crippen molar-refractivity contribution >= 4 is 15.9 Å². The van der Waals surface area contributed by atoms with E-state index in [0.29, 0.717) is 6.04 Å². The third-order valence-corrected chi connectivity index (χ3v) is 5.79. The molecule has 1 aliphatic carbocycles. The van der Waals surface area contributed by atoms with Crippen molar-refractivity contribution in [2.75, 3.05) is 7.05 Å². The molecule has 1 saturated carbocycles. The van der Waals surface area contributed by atoms with E-state index in [0.717, 1.165) is 18.0 Å². The number of halogens is 1. The Morgan fingerprint density at radius 2 is 2.05 bits per heavy atom. The standard InChI is InChI=1S/C16H28BrN3/c1-12-16(17)15(20(3)19-12)11-14(18-2)10-9-13-7-5-4-6-8-13/h13-14,18H,4-11H2,1-3H3. The molecule has 1 aromatic heterocycles. The van der Waals surface area contributed by atoms with Gasteiger partial charge in [-0.25, -0.2) is 0 Å². The molecule has 0 amide bonds. The zero-order valence-corrected chi connectivity index (χ0v) is 14.7. The van der Waals surface area contributed by atoms with Crippen LogP contribution in [0.1, 0.15) is 56.3 Å². The van der Waals surface area contributed by atoms with Crippen LogP contribution in [-0.2, 0) is 13.5 Å². The van der Waals surface area contributed by atoms with Crippen LogP contribution in [0.25, 0.3) is 0 Å². The summed E-state index contributed by atoms with van der Waals surface area (Å²) in [6.07, 6.45) is 10.9. The first-order valence-electron chi connectivity index (χ1n) is 7.97. The Morgan fingerprint density at radius 1 is 1.35 bits per heavy atom. The molecule has 1 fully saturated rings. The summed E-state index contributed by atoms with van der Waals surface area (Å²) in [4.78, 5) is 0. The molecule has 1 atom stereocenters. The largest absolute Gasteiger partial charge is 0.317 e. The minimum Gasteiger partial charge on any atom is -0.317 e. The lowest BCUT2D eigenvalue weighted by atomic mass is 9.85. The van der Waals surface area contributed by atoms with E-state index < -0.39 is 0 Å². The summed E-state index contributed by atoms with van der Waals surface area (Å²) in [5.41, 5.74) is 2.40. The van der Waals surface area contributed by atoms with E-state index in [4.69, 9.17) is 0 Å². The number of hydrogen-bond donors (Lipinski definition) is 1. The normalized spacial score (nSPS) is 18.4. The highest BCUT2D eigenvalue weighted by atomic mass is 79.9. The number of hydrogen-bond acceptors (Lipinski definition) is 2. The molecule has 1 aromatic rings. The number of rotatable bonds is 6. The molecule has 20 heavy (non-hydrogen) atoms. The Bertz CT molecular complexity index is 422. The third-order valence-electron chi connectivity index (χ3n) is 4.76. The first-order valence-corrected chi connectivity index (χ1v) is 8.76. The molecular weight excluding hydrogens is 314 g/mol. The molecule has 114 valence electrons. The van der Waals surface area contributed by atoms with Crippen molar-refractivity contribution in [3.8, 4) is 0 Å². The van der Waals surface area contributed by atoms with Crippen molar-refractivity contribution < 1.29 is 0 Å². The first-order chi connectivity index (χ1) is 9.61. The SMILES string of the molecule is CNC(CCC1CCCCC1)Cc1c(Br)c(C)nn1C. The fraction of sp³-hybridized carbons (Fsp3) is 0.812. The first kappa shape index (κ1) is 16.0. The van der Waals surface area contributed by atoms with Crippen LogP contribution >= 0.6 is 15.9 Å². The smallest absolute Gasteiger partial charge is 0.0738 e. The minimum atomic E-state index is 0.558. The minimum absolute atomic E-state index is 0.558. The second kappa shape index (κ2) is 7.60. The maximum atomic E-state index is 4.49. The van der Waals surface area contributed by atoms with Gasteiger partial charge in [0, 0.05) is 19.5 Å². The fourth-order valence-electron chi connectivity index (χ4n) is 3.40. The lowest BCUT2D eigenvalue weighted by Gasteiger charge is -2.24. The number of nitrogens with one attached hydrogen (secondary N) is 1. The molecule has 0 radical (unpaired) electrons. The van der Waals surface area contributed by atoms with Crippen LogP contribution in [0.3, 0.4) is 0 Å². The highest BCUT2D eigenvalue weighted by molar-refractivity contribution is 9.10. The van der Waals surface area contributed by atoms with Gasteiger partial charge in [0.25, 0.3) is 0 Å². The van der Waals surface area contributed by atoms with E-state index in [9.17, 15) is 0 Å². The molecule has 0 aromatic carbocycles. The third kappa shape index (κ3) is 4.08. The Balaban J connectivity index is 1.88. The van der Waals surface area contributed by atoms with Crippen LogP contribution in [0.15, 0.2) is 4.47 Å². The Hall–Kier alpha value is -0.350. The Morgan fingerprint density at radius 3 is 2.60 bits per heavy atom. The summed E-state index contributed by atoms with van der Waals surface area (Å²) < 4.78 is 3.20.